The third kappa shape index (κ3) is 6.04. The highest BCUT2D eigenvalue weighted by atomic mass is 35.5. The number of carbonyl (C=O) groups is 1. The highest BCUT2D eigenvalue weighted by Crippen LogP contribution is 2.21. The van der Waals surface area contributed by atoms with Gasteiger partial charge in [0.25, 0.3) is 0 Å². The topological polar surface area (TPSA) is 92.7 Å². The predicted octanol–water partition coefficient (Wildman–Crippen LogP) is 0.989. The van der Waals surface area contributed by atoms with Crippen molar-refractivity contribution in [2.24, 2.45) is 0 Å². The molecule has 0 amide bonds. The second kappa shape index (κ2) is 7.88. The Bertz CT molecular complexity index is 676. The quantitative estimate of drug-likeness (QED) is 0.620. The third-order valence-corrected chi connectivity index (χ3v) is 3.86. The summed E-state index contributed by atoms with van der Waals surface area (Å²) in [4.78, 5) is 11.0. The largest absolute Gasteiger partial charge is 0.469 e. The van der Waals surface area contributed by atoms with E-state index in [1.54, 1.807) is 6.07 Å². The Labute approximate surface area is 128 Å². The van der Waals surface area contributed by atoms with E-state index in [0.29, 0.717) is 10.6 Å². The average Bonchev–Trinajstić information content (AvgIpc) is 2.43. The minimum Gasteiger partial charge on any atom is -0.469 e. The molecular formula is C13H14ClNO5S. The molecule has 114 valence electrons. The van der Waals surface area contributed by atoms with Gasteiger partial charge in [-0.2, -0.15) is 0 Å². The lowest BCUT2D eigenvalue weighted by Crippen LogP contribution is -2.20. The molecule has 0 heterocycles. The van der Waals surface area contributed by atoms with Gasteiger partial charge in [0.2, 0.25) is 10.0 Å². The zero-order chi connectivity index (χ0) is 15.9. The van der Waals surface area contributed by atoms with Gasteiger partial charge in [0.1, 0.15) is 6.61 Å². The van der Waals surface area contributed by atoms with Crippen LogP contribution in [0.25, 0.3) is 0 Å². The molecule has 6 nitrogen and oxygen atoms in total. The van der Waals surface area contributed by atoms with Crippen molar-refractivity contribution in [1.82, 2.24) is 0 Å². The molecule has 0 aliphatic rings. The van der Waals surface area contributed by atoms with Crippen molar-refractivity contribution < 1.29 is 23.1 Å². The van der Waals surface area contributed by atoms with Crippen molar-refractivity contribution >= 4 is 33.3 Å². The van der Waals surface area contributed by atoms with Crippen LogP contribution in [0.5, 0.6) is 0 Å². The lowest BCUT2D eigenvalue weighted by Gasteiger charge is -2.10. The van der Waals surface area contributed by atoms with Crippen molar-refractivity contribution in [1.29, 1.82) is 0 Å². The van der Waals surface area contributed by atoms with Crippen LogP contribution in [0.2, 0.25) is 5.02 Å². The number of carbonyl (C=O) groups excluding carboxylic acids is 1. The zero-order valence-electron chi connectivity index (χ0n) is 11.2. The maximum atomic E-state index is 11.9. The molecule has 0 aliphatic carbocycles. The van der Waals surface area contributed by atoms with E-state index in [4.69, 9.17) is 16.7 Å². The highest BCUT2D eigenvalue weighted by Gasteiger charge is 2.15. The molecule has 8 heteroatoms. The smallest absolute Gasteiger partial charge is 0.306 e. The summed E-state index contributed by atoms with van der Waals surface area (Å²) in [7, 11) is -2.56. The normalized spacial score (nSPS) is 10.4. The first kappa shape index (κ1) is 17.3. The number of anilines is 1. The zero-order valence-corrected chi connectivity index (χ0v) is 12.8. The first-order valence-corrected chi connectivity index (χ1v) is 7.87. The Kier molecular flexibility index (Phi) is 6.49. The minimum absolute atomic E-state index is 0.188. The number of sulfonamides is 1. The Morgan fingerprint density at radius 2 is 2.19 bits per heavy atom. The SMILES string of the molecule is COC(=O)CCS(=O)(=O)Nc1cc(Cl)ccc1C#CCO. The van der Waals surface area contributed by atoms with Gasteiger partial charge in [0, 0.05) is 10.6 Å². The number of benzene rings is 1. The fourth-order valence-electron chi connectivity index (χ4n) is 1.38. The molecule has 0 spiro atoms. The molecule has 1 aromatic rings. The number of esters is 1. The molecule has 0 atom stereocenters. The number of ether oxygens (including phenoxy) is 1. The summed E-state index contributed by atoms with van der Waals surface area (Å²) in [5.74, 6) is 4.00. The van der Waals surface area contributed by atoms with Gasteiger partial charge in [0.05, 0.1) is 25.0 Å². The molecule has 0 bridgehead atoms. The van der Waals surface area contributed by atoms with Crippen LogP contribution in [-0.4, -0.2) is 39.0 Å². The fraction of sp³-hybridized carbons (Fsp3) is 0.308. The number of nitrogens with one attached hydrogen (secondary N) is 1. The van der Waals surface area contributed by atoms with Gasteiger partial charge in [-0.15, -0.1) is 0 Å². The third-order valence-electron chi connectivity index (χ3n) is 2.35. The van der Waals surface area contributed by atoms with Gasteiger partial charge < -0.3 is 9.84 Å². The van der Waals surface area contributed by atoms with Crippen molar-refractivity contribution in [3.8, 4) is 11.8 Å². The number of rotatable bonds is 5. The van der Waals surface area contributed by atoms with Crippen LogP contribution in [-0.2, 0) is 19.6 Å². The van der Waals surface area contributed by atoms with Crippen molar-refractivity contribution in [2.75, 3.05) is 24.2 Å². The Morgan fingerprint density at radius 1 is 1.48 bits per heavy atom. The van der Waals surface area contributed by atoms with E-state index in [2.05, 4.69) is 21.3 Å². The van der Waals surface area contributed by atoms with E-state index < -0.39 is 21.7 Å². The van der Waals surface area contributed by atoms with E-state index in [1.165, 1.54) is 19.2 Å². The molecule has 0 fully saturated rings. The summed E-state index contributed by atoms with van der Waals surface area (Å²) in [6.07, 6.45) is -0.260. The van der Waals surface area contributed by atoms with Gasteiger partial charge >= 0.3 is 5.97 Å². The van der Waals surface area contributed by atoms with Crippen molar-refractivity contribution in [2.45, 2.75) is 6.42 Å². The fourth-order valence-corrected chi connectivity index (χ4v) is 2.60. The summed E-state index contributed by atoms with van der Waals surface area (Å²) >= 11 is 5.82. The molecule has 0 radical (unpaired) electrons. The molecule has 0 aromatic heterocycles. The van der Waals surface area contributed by atoms with Crippen molar-refractivity contribution in [3.63, 3.8) is 0 Å². The molecule has 0 saturated heterocycles. The number of halogens is 1. The Balaban J connectivity index is 2.95. The average molecular weight is 332 g/mol. The monoisotopic (exact) mass is 331 g/mol. The van der Waals surface area contributed by atoms with Crippen LogP contribution in [0.4, 0.5) is 5.69 Å². The number of aliphatic hydroxyl groups is 1. The molecule has 0 saturated carbocycles. The second-order valence-corrected chi connectivity index (χ2v) is 6.18. The van der Waals surface area contributed by atoms with Crippen LogP contribution < -0.4 is 4.72 Å². The molecule has 1 aromatic carbocycles. The van der Waals surface area contributed by atoms with Crippen LogP contribution in [0, 0.1) is 11.8 Å². The van der Waals surface area contributed by atoms with E-state index >= 15 is 0 Å². The molecular weight excluding hydrogens is 318 g/mol. The van der Waals surface area contributed by atoms with Gasteiger partial charge in [0.15, 0.2) is 0 Å². The van der Waals surface area contributed by atoms with Gasteiger partial charge in [-0.25, -0.2) is 8.42 Å². The summed E-state index contributed by atoms with van der Waals surface area (Å²) in [5.41, 5.74) is 0.559. The minimum atomic E-state index is -3.74. The van der Waals surface area contributed by atoms with E-state index in [0.717, 1.165) is 0 Å². The molecule has 0 unspecified atom stereocenters. The molecule has 1 rings (SSSR count). The summed E-state index contributed by atoms with van der Waals surface area (Å²) in [5, 5.41) is 9.02. The summed E-state index contributed by atoms with van der Waals surface area (Å²) in [6.45, 7) is -0.350. The maximum Gasteiger partial charge on any atom is 0.306 e. The van der Waals surface area contributed by atoms with E-state index in [1.807, 2.05) is 0 Å². The van der Waals surface area contributed by atoms with Crippen LogP contribution in [0.3, 0.4) is 0 Å². The van der Waals surface area contributed by atoms with Gasteiger partial charge in [-0.1, -0.05) is 23.4 Å². The van der Waals surface area contributed by atoms with E-state index in [-0.39, 0.29) is 18.7 Å². The first-order valence-electron chi connectivity index (χ1n) is 5.84. The highest BCUT2D eigenvalue weighted by molar-refractivity contribution is 7.92. The lowest BCUT2D eigenvalue weighted by molar-refractivity contribution is -0.140. The summed E-state index contributed by atoms with van der Waals surface area (Å²) < 4.78 is 30.5. The van der Waals surface area contributed by atoms with Crippen LogP contribution >= 0.6 is 11.6 Å². The maximum absolute atomic E-state index is 11.9. The molecule has 0 aliphatic heterocycles. The molecule has 2 N–H and O–H groups in total. The van der Waals surface area contributed by atoms with Gasteiger partial charge in [-0.3, -0.25) is 9.52 Å². The van der Waals surface area contributed by atoms with Gasteiger partial charge in [-0.05, 0) is 18.2 Å². The van der Waals surface area contributed by atoms with Crippen LogP contribution in [0.15, 0.2) is 18.2 Å². The standard InChI is InChI=1S/C13H14ClNO5S/c1-20-13(17)6-8-21(18,19)15-12-9-11(14)5-4-10(12)3-2-7-16/h4-5,9,15-16H,6-8H2,1H3. The van der Waals surface area contributed by atoms with E-state index in [9.17, 15) is 13.2 Å². The molecule has 21 heavy (non-hydrogen) atoms. The number of aliphatic hydroxyl groups excluding tert-OH is 1. The predicted molar refractivity (Wildman–Crippen MR) is 79.5 cm³/mol. The Morgan fingerprint density at radius 3 is 2.81 bits per heavy atom. The summed E-state index contributed by atoms with van der Waals surface area (Å²) in [6, 6.07) is 4.48. The van der Waals surface area contributed by atoms with Crippen LogP contribution in [0.1, 0.15) is 12.0 Å². The van der Waals surface area contributed by atoms with Crippen molar-refractivity contribution in [3.05, 3.63) is 28.8 Å². The lowest BCUT2D eigenvalue weighted by atomic mass is 10.2. The number of methoxy groups -OCH3 is 1. The Hall–Kier alpha value is -1.75. The number of hydrogen-bond acceptors (Lipinski definition) is 5. The first-order chi connectivity index (χ1) is 9.88. The second-order valence-electron chi connectivity index (χ2n) is 3.90. The number of hydrogen-bond donors (Lipinski definition) is 2.